The number of aryl methyl sites for hydroxylation is 2. The molecule has 0 aliphatic heterocycles. The molecule has 3 heteroatoms. The molecule has 1 nitrogen and oxygen atoms in total. The number of hydrogen-bond acceptors (Lipinski definition) is 1. The van der Waals surface area contributed by atoms with Gasteiger partial charge >= 0.3 is 0 Å². The fraction of sp³-hybridized carbons (Fsp3) is 0.207. The Labute approximate surface area is 187 Å². The van der Waals surface area contributed by atoms with Crippen LogP contribution in [-0.2, 0) is 6.42 Å². The maximum atomic E-state index is 15.0. The highest BCUT2D eigenvalue weighted by Crippen LogP contribution is 2.35. The zero-order valence-corrected chi connectivity index (χ0v) is 18.4. The van der Waals surface area contributed by atoms with Crippen molar-refractivity contribution in [2.75, 3.05) is 0 Å². The highest BCUT2D eigenvalue weighted by Gasteiger charge is 2.17. The van der Waals surface area contributed by atoms with Gasteiger partial charge in [-0.1, -0.05) is 79.9 Å². The number of hydrogen-bond donors (Lipinski definition) is 0. The molecule has 0 fully saturated rings. The van der Waals surface area contributed by atoms with Gasteiger partial charge in [0.2, 0.25) is 0 Å². The van der Waals surface area contributed by atoms with Gasteiger partial charge in [-0.25, -0.2) is 8.78 Å². The third-order valence-electron chi connectivity index (χ3n) is 6.01. The van der Waals surface area contributed by atoms with E-state index in [1.54, 1.807) is 18.2 Å². The molecule has 0 spiro atoms. The average Bonchev–Trinajstić information content (AvgIpc) is 2.79. The van der Waals surface area contributed by atoms with E-state index in [-0.39, 0.29) is 5.56 Å². The van der Waals surface area contributed by atoms with E-state index in [1.807, 2.05) is 37.3 Å². The van der Waals surface area contributed by atoms with Gasteiger partial charge in [0.25, 0.3) is 0 Å². The molecule has 0 aliphatic rings. The standard InChI is InChI=1S/C29H26F2O/c1-3-4-5-6-20-9-13-24-22(15-20)12-14-25(26(24)18-32)23-16-27(30)29(28(31)17-23)21-10-7-19(2)8-11-21/h7-18H,3-6H2,1-2H3. The van der Waals surface area contributed by atoms with Gasteiger partial charge in [-0.2, -0.15) is 0 Å². The molecule has 0 amide bonds. The molecule has 32 heavy (non-hydrogen) atoms. The van der Waals surface area contributed by atoms with Crippen LogP contribution >= 0.6 is 0 Å². The molecule has 0 saturated heterocycles. The third kappa shape index (κ3) is 4.34. The molecule has 0 aliphatic carbocycles. The van der Waals surface area contributed by atoms with Crippen molar-refractivity contribution >= 4 is 17.1 Å². The summed E-state index contributed by atoms with van der Waals surface area (Å²) < 4.78 is 30.0. The van der Waals surface area contributed by atoms with Crippen LogP contribution < -0.4 is 0 Å². The van der Waals surface area contributed by atoms with E-state index in [9.17, 15) is 4.79 Å². The molecule has 0 heterocycles. The first-order valence-electron chi connectivity index (χ1n) is 11.1. The summed E-state index contributed by atoms with van der Waals surface area (Å²) in [4.78, 5) is 12.0. The van der Waals surface area contributed by atoms with Crippen LogP contribution in [0.5, 0.6) is 0 Å². The van der Waals surface area contributed by atoms with Crippen LogP contribution in [0.15, 0.2) is 66.7 Å². The maximum absolute atomic E-state index is 15.0. The molecule has 0 saturated carbocycles. The van der Waals surface area contributed by atoms with Crippen molar-refractivity contribution in [3.8, 4) is 22.3 Å². The molecular formula is C29H26F2O. The predicted molar refractivity (Wildman–Crippen MR) is 128 cm³/mol. The van der Waals surface area contributed by atoms with E-state index in [2.05, 4.69) is 13.0 Å². The molecule has 0 bridgehead atoms. The fourth-order valence-electron chi connectivity index (χ4n) is 4.24. The van der Waals surface area contributed by atoms with Crippen molar-refractivity contribution in [3.05, 3.63) is 95.1 Å². The number of rotatable bonds is 7. The molecule has 4 rings (SSSR count). The van der Waals surface area contributed by atoms with Gasteiger partial charge in [0.05, 0.1) is 5.56 Å². The van der Waals surface area contributed by atoms with Crippen LogP contribution in [-0.4, -0.2) is 6.29 Å². The second kappa shape index (κ2) is 9.44. The summed E-state index contributed by atoms with van der Waals surface area (Å²) in [6.45, 7) is 4.10. The number of benzene rings is 4. The monoisotopic (exact) mass is 428 g/mol. The molecule has 0 atom stereocenters. The number of halogens is 2. The summed E-state index contributed by atoms with van der Waals surface area (Å²) in [6.07, 6.45) is 5.26. The van der Waals surface area contributed by atoms with Gasteiger partial charge in [-0.05, 0) is 64.9 Å². The number of unbranched alkanes of at least 4 members (excludes halogenated alkanes) is 2. The normalized spacial score (nSPS) is 11.1. The molecule has 4 aromatic carbocycles. The lowest BCUT2D eigenvalue weighted by Crippen LogP contribution is -1.96. The smallest absolute Gasteiger partial charge is 0.151 e. The highest BCUT2D eigenvalue weighted by molar-refractivity contribution is 6.04. The molecule has 4 aromatic rings. The van der Waals surface area contributed by atoms with Gasteiger partial charge in [-0.3, -0.25) is 4.79 Å². The molecule has 0 unspecified atom stereocenters. The summed E-state index contributed by atoms with van der Waals surface area (Å²) in [5.41, 5.74) is 4.01. The minimum Gasteiger partial charge on any atom is -0.298 e. The Bertz CT molecular complexity index is 1250. The summed E-state index contributed by atoms with van der Waals surface area (Å²) >= 11 is 0. The first-order chi connectivity index (χ1) is 15.5. The highest BCUT2D eigenvalue weighted by atomic mass is 19.1. The lowest BCUT2D eigenvalue weighted by Gasteiger charge is -2.13. The van der Waals surface area contributed by atoms with Crippen LogP contribution in [0.1, 0.15) is 47.7 Å². The van der Waals surface area contributed by atoms with Crippen molar-refractivity contribution in [1.29, 1.82) is 0 Å². The van der Waals surface area contributed by atoms with E-state index in [1.165, 1.54) is 30.5 Å². The van der Waals surface area contributed by atoms with E-state index in [0.29, 0.717) is 22.3 Å². The first-order valence-corrected chi connectivity index (χ1v) is 11.1. The Balaban J connectivity index is 1.76. The first kappa shape index (κ1) is 21.9. The van der Waals surface area contributed by atoms with Crippen molar-refractivity contribution in [2.45, 2.75) is 39.5 Å². The van der Waals surface area contributed by atoms with Crippen LogP contribution in [0.3, 0.4) is 0 Å². The zero-order valence-electron chi connectivity index (χ0n) is 18.4. The summed E-state index contributed by atoms with van der Waals surface area (Å²) in [7, 11) is 0. The average molecular weight is 429 g/mol. The summed E-state index contributed by atoms with van der Waals surface area (Å²) in [6, 6.07) is 19.5. The number of aldehydes is 1. The molecule has 0 N–H and O–H groups in total. The van der Waals surface area contributed by atoms with E-state index < -0.39 is 11.6 Å². The Morgan fingerprint density at radius 3 is 2.19 bits per heavy atom. The topological polar surface area (TPSA) is 17.1 Å². The minimum absolute atomic E-state index is 0.0566. The quantitative estimate of drug-likeness (QED) is 0.214. The Morgan fingerprint density at radius 2 is 1.53 bits per heavy atom. The lowest BCUT2D eigenvalue weighted by atomic mass is 9.92. The van der Waals surface area contributed by atoms with Gasteiger partial charge < -0.3 is 0 Å². The Hall–Kier alpha value is -3.33. The van der Waals surface area contributed by atoms with E-state index in [0.717, 1.165) is 35.5 Å². The van der Waals surface area contributed by atoms with E-state index in [4.69, 9.17) is 0 Å². The van der Waals surface area contributed by atoms with Crippen molar-refractivity contribution < 1.29 is 13.6 Å². The second-order valence-corrected chi connectivity index (χ2v) is 8.34. The van der Waals surface area contributed by atoms with Gasteiger partial charge in [-0.15, -0.1) is 0 Å². The Morgan fingerprint density at radius 1 is 0.812 bits per heavy atom. The molecule has 0 radical (unpaired) electrons. The second-order valence-electron chi connectivity index (χ2n) is 8.34. The van der Waals surface area contributed by atoms with Crippen molar-refractivity contribution in [3.63, 3.8) is 0 Å². The maximum Gasteiger partial charge on any atom is 0.151 e. The van der Waals surface area contributed by atoms with Gasteiger partial charge in [0, 0.05) is 5.56 Å². The number of carbonyl (C=O) groups is 1. The SMILES string of the molecule is CCCCCc1ccc2c(C=O)c(-c3cc(F)c(-c4ccc(C)cc4)c(F)c3)ccc2c1. The number of fused-ring (bicyclic) bond motifs is 1. The summed E-state index contributed by atoms with van der Waals surface area (Å²) in [5.74, 6) is -1.29. The zero-order chi connectivity index (χ0) is 22.7. The van der Waals surface area contributed by atoms with Crippen LogP contribution in [0.2, 0.25) is 0 Å². The molecular weight excluding hydrogens is 402 g/mol. The molecule has 162 valence electrons. The van der Waals surface area contributed by atoms with Gasteiger partial charge in [0.15, 0.2) is 6.29 Å². The van der Waals surface area contributed by atoms with E-state index >= 15 is 8.78 Å². The minimum atomic E-state index is -0.646. The largest absolute Gasteiger partial charge is 0.298 e. The summed E-state index contributed by atoms with van der Waals surface area (Å²) in [5, 5.41) is 1.75. The van der Waals surface area contributed by atoms with Gasteiger partial charge in [0.1, 0.15) is 11.6 Å². The van der Waals surface area contributed by atoms with Crippen LogP contribution in [0, 0.1) is 18.6 Å². The fourth-order valence-corrected chi connectivity index (χ4v) is 4.24. The van der Waals surface area contributed by atoms with Crippen molar-refractivity contribution in [2.24, 2.45) is 0 Å². The van der Waals surface area contributed by atoms with Crippen molar-refractivity contribution in [1.82, 2.24) is 0 Å². The predicted octanol–water partition coefficient (Wildman–Crippen LogP) is 8.31. The third-order valence-corrected chi connectivity index (χ3v) is 6.01. The molecule has 0 aromatic heterocycles. The number of carbonyl (C=O) groups excluding carboxylic acids is 1. The van der Waals surface area contributed by atoms with Crippen LogP contribution in [0.25, 0.3) is 33.0 Å². The Kier molecular flexibility index (Phi) is 6.45. The van der Waals surface area contributed by atoms with Crippen LogP contribution in [0.4, 0.5) is 8.78 Å². The lowest BCUT2D eigenvalue weighted by molar-refractivity contribution is 0.112.